The van der Waals surface area contributed by atoms with Crippen LogP contribution in [0.3, 0.4) is 0 Å². The zero-order chi connectivity index (χ0) is 15.9. The van der Waals surface area contributed by atoms with E-state index < -0.39 is 10.0 Å². The number of sulfonamides is 1. The number of aryl methyl sites for hydroxylation is 3. The molecule has 0 amide bonds. The van der Waals surface area contributed by atoms with Gasteiger partial charge in [-0.05, 0) is 31.9 Å². The standard InChI is InChI=1S/C14H20N2O3S2/c1-11-8-12(2)14(13(3)9-11)21(18,19)16-5-7-20-6-4-15-10-17/h8-9,16H,4-7H2,1-3H3. The Morgan fingerprint density at radius 2 is 1.81 bits per heavy atom. The van der Waals surface area contributed by atoms with Gasteiger partial charge in [-0.15, -0.1) is 0 Å². The summed E-state index contributed by atoms with van der Waals surface area (Å²) < 4.78 is 27.3. The molecule has 0 radical (unpaired) electrons. The largest absolute Gasteiger partial charge is 0.241 e. The van der Waals surface area contributed by atoms with Crippen molar-refractivity contribution in [1.29, 1.82) is 0 Å². The SMILES string of the molecule is Cc1cc(C)c(S(=O)(=O)NCCSCCN=C=O)c(C)c1. The van der Waals surface area contributed by atoms with E-state index >= 15 is 0 Å². The third kappa shape index (κ3) is 5.63. The highest BCUT2D eigenvalue weighted by Gasteiger charge is 2.19. The maximum absolute atomic E-state index is 12.3. The van der Waals surface area contributed by atoms with Crippen molar-refractivity contribution >= 4 is 27.9 Å². The Hall–Kier alpha value is -1.14. The van der Waals surface area contributed by atoms with E-state index in [-0.39, 0.29) is 0 Å². The molecular weight excluding hydrogens is 308 g/mol. The van der Waals surface area contributed by atoms with Crippen LogP contribution in [-0.4, -0.2) is 39.1 Å². The number of aliphatic imine (C=N–C) groups is 1. The first-order valence-electron chi connectivity index (χ1n) is 6.57. The van der Waals surface area contributed by atoms with Gasteiger partial charge in [0, 0.05) is 18.1 Å². The number of thioether (sulfide) groups is 1. The molecule has 1 N–H and O–H groups in total. The Balaban J connectivity index is 2.60. The monoisotopic (exact) mass is 328 g/mol. The first kappa shape index (κ1) is 17.9. The number of hydrogen-bond donors (Lipinski definition) is 1. The maximum Gasteiger partial charge on any atom is 0.241 e. The van der Waals surface area contributed by atoms with Gasteiger partial charge in [0.05, 0.1) is 11.4 Å². The lowest BCUT2D eigenvalue weighted by atomic mass is 10.1. The summed E-state index contributed by atoms with van der Waals surface area (Å²) >= 11 is 1.54. The Morgan fingerprint density at radius 3 is 2.38 bits per heavy atom. The molecule has 0 aliphatic carbocycles. The van der Waals surface area contributed by atoms with Crippen LogP contribution in [0.1, 0.15) is 16.7 Å². The molecule has 0 aromatic heterocycles. The summed E-state index contributed by atoms with van der Waals surface area (Å²) in [5.74, 6) is 1.32. The summed E-state index contributed by atoms with van der Waals surface area (Å²) in [6, 6.07) is 3.74. The van der Waals surface area contributed by atoms with Gasteiger partial charge < -0.3 is 0 Å². The lowest BCUT2D eigenvalue weighted by Crippen LogP contribution is -2.27. The van der Waals surface area contributed by atoms with Gasteiger partial charge in [-0.25, -0.2) is 22.9 Å². The molecule has 0 atom stereocenters. The molecule has 0 saturated carbocycles. The van der Waals surface area contributed by atoms with Gasteiger partial charge in [0.1, 0.15) is 0 Å². The van der Waals surface area contributed by atoms with Crippen LogP contribution in [0.2, 0.25) is 0 Å². The van der Waals surface area contributed by atoms with E-state index in [0.717, 1.165) is 16.7 Å². The second-order valence-corrected chi connectivity index (χ2v) is 7.64. The smallest absolute Gasteiger partial charge is 0.211 e. The zero-order valence-electron chi connectivity index (χ0n) is 12.5. The number of nitrogens with one attached hydrogen (secondary N) is 1. The molecule has 0 bridgehead atoms. The predicted molar refractivity (Wildman–Crippen MR) is 86.2 cm³/mol. The molecule has 0 heterocycles. The average Bonchev–Trinajstić information content (AvgIpc) is 2.35. The highest BCUT2D eigenvalue weighted by Crippen LogP contribution is 2.21. The first-order chi connectivity index (χ1) is 9.88. The van der Waals surface area contributed by atoms with E-state index in [0.29, 0.717) is 29.5 Å². The molecular formula is C14H20N2O3S2. The molecule has 116 valence electrons. The second kappa shape index (κ2) is 8.34. The van der Waals surface area contributed by atoms with Crippen molar-refractivity contribution in [3.05, 3.63) is 28.8 Å². The van der Waals surface area contributed by atoms with Crippen LogP contribution >= 0.6 is 11.8 Å². The van der Waals surface area contributed by atoms with E-state index in [1.54, 1.807) is 25.6 Å². The van der Waals surface area contributed by atoms with Crippen LogP contribution < -0.4 is 4.72 Å². The molecule has 0 fully saturated rings. The molecule has 0 aliphatic heterocycles. The number of hydrogen-bond acceptors (Lipinski definition) is 5. The van der Waals surface area contributed by atoms with Crippen molar-refractivity contribution < 1.29 is 13.2 Å². The van der Waals surface area contributed by atoms with Crippen molar-refractivity contribution in [1.82, 2.24) is 4.72 Å². The molecule has 0 unspecified atom stereocenters. The molecule has 0 aliphatic rings. The maximum atomic E-state index is 12.3. The molecule has 0 spiro atoms. The van der Waals surface area contributed by atoms with Crippen LogP contribution in [0, 0.1) is 20.8 Å². The number of rotatable bonds is 8. The summed E-state index contributed by atoms with van der Waals surface area (Å²) in [6.07, 6.45) is 1.47. The Labute approximate surface area is 130 Å². The first-order valence-corrected chi connectivity index (χ1v) is 9.21. The summed E-state index contributed by atoms with van der Waals surface area (Å²) in [5.41, 5.74) is 2.57. The Kier molecular flexibility index (Phi) is 7.11. The Bertz CT molecular complexity index is 613. The van der Waals surface area contributed by atoms with E-state index in [1.807, 2.05) is 19.1 Å². The van der Waals surface area contributed by atoms with Gasteiger partial charge in [-0.3, -0.25) is 0 Å². The highest BCUT2D eigenvalue weighted by atomic mass is 32.2. The average molecular weight is 328 g/mol. The van der Waals surface area contributed by atoms with Crippen LogP contribution in [0.4, 0.5) is 0 Å². The van der Waals surface area contributed by atoms with Crippen molar-refractivity contribution in [2.24, 2.45) is 4.99 Å². The zero-order valence-corrected chi connectivity index (χ0v) is 14.1. The molecule has 1 rings (SSSR count). The fourth-order valence-corrected chi connectivity index (χ4v) is 4.45. The van der Waals surface area contributed by atoms with E-state index in [2.05, 4.69) is 9.71 Å². The van der Waals surface area contributed by atoms with Gasteiger partial charge >= 0.3 is 0 Å². The molecule has 21 heavy (non-hydrogen) atoms. The summed E-state index contributed by atoms with van der Waals surface area (Å²) in [4.78, 5) is 13.7. The van der Waals surface area contributed by atoms with Gasteiger partial charge in [0.25, 0.3) is 0 Å². The third-order valence-corrected chi connectivity index (χ3v) is 5.55. The van der Waals surface area contributed by atoms with Crippen LogP contribution in [-0.2, 0) is 14.8 Å². The minimum atomic E-state index is -3.48. The van der Waals surface area contributed by atoms with Crippen LogP contribution in [0.15, 0.2) is 22.0 Å². The summed E-state index contributed by atoms with van der Waals surface area (Å²) in [7, 11) is -3.48. The third-order valence-electron chi connectivity index (χ3n) is 2.82. The molecule has 7 heteroatoms. The molecule has 1 aromatic rings. The minimum Gasteiger partial charge on any atom is -0.211 e. The van der Waals surface area contributed by atoms with Crippen molar-refractivity contribution in [2.75, 3.05) is 24.6 Å². The van der Waals surface area contributed by atoms with Gasteiger partial charge in [0.15, 0.2) is 0 Å². The number of nitrogens with zero attached hydrogens (tertiary/aromatic N) is 1. The number of carbonyl (C=O) groups excluding carboxylic acids is 1. The molecule has 5 nitrogen and oxygen atoms in total. The lowest BCUT2D eigenvalue weighted by Gasteiger charge is -2.13. The number of isocyanates is 1. The predicted octanol–water partition coefficient (Wildman–Crippen LogP) is 1.96. The summed E-state index contributed by atoms with van der Waals surface area (Å²) in [5, 5.41) is 0. The van der Waals surface area contributed by atoms with E-state index in [1.165, 1.54) is 6.08 Å². The normalized spacial score (nSPS) is 11.2. The van der Waals surface area contributed by atoms with Gasteiger partial charge in [0.2, 0.25) is 16.1 Å². The number of benzene rings is 1. The lowest BCUT2D eigenvalue weighted by molar-refractivity contribution is 0.563. The van der Waals surface area contributed by atoms with E-state index in [9.17, 15) is 13.2 Å². The van der Waals surface area contributed by atoms with Crippen molar-refractivity contribution in [3.63, 3.8) is 0 Å². The van der Waals surface area contributed by atoms with Gasteiger partial charge in [-0.2, -0.15) is 11.8 Å². The fourth-order valence-electron chi connectivity index (χ4n) is 2.17. The topological polar surface area (TPSA) is 75.6 Å². The molecule has 1 aromatic carbocycles. The van der Waals surface area contributed by atoms with Crippen LogP contribution in [0.5, 0.6) is 0 Å². The highest BCUT2D eigenvalue weighted by molar-refractivity contribution is 7.99. The fraction of sp³-hybridized carbons (Fsp3) is 0.500. The van der Waals surface area contributed by atoms with Crippen LogP contribution in [0.25, 0.3) is 0 Å². The van der Waals surface area contributed by atoms with Gasteiger partial charge in [-0.1, -0.05) is 17.7 Å². The molecule has 0 saturated heterocycles. The minimum absolute atomic E-state index is 0.352. The second-order valence-electron chi connectivity index (χ2n) is 4.71. The van der Waals surface area contributed by atoms with E-state index in [4.69, 9.17) is 0 Å². The quantitative estimate of drug-likeness (QED) is 0.450. The van der Waals surface area contributed by atoms with Crippen molar-refractivity contribution in [3.8, 4) is 0 Å². The Morgan fingerprint density at radius 1 is 1.19 bits per heavy atom. The van der Waals surface area contributed by atoms with Crippen molar-refractivity contribution in [2.45, 2.75) is 25.7 Å². The summed E-state index contributed by atoms with van der Waals surface area (Å²) in [6.45, 7) is 6.32.